The third-order valence-corrected chi connectivity index (χ3v) is 3.36. The fraction of sp³-hybridized carbons (Fsp3) is 0.143. The zero-order chi connectivity index (χ0) is 14.0. The molecule has 19 heavy (non-hydrogen) atoms. The summed E-state index contributed by atoms with van der Waals surface area (Å²) in [5.74, 6) is -1.41. The van der Waals surface area contributed by atoms with Gasteiger partial charge < -0.3 is 11.1 Å². The Kier molecular flexibility index (Phi) is 4.04. The fourth-order valence-electron chi connectivity index (χ4n) is 1.77. The number of benzene rings is 2. The van der Waals surface area contributed by atoms with Crippen LogP contribution in [0.25, 0.3) is 0 Å². The number of nitrogens with two attached hydrogens (primary N) is 1. The molecule has 2 aromatic carbocycles. The van der Waals surface area contributed by atoms with Gasteiger partial charge in [-0.3, -0.25) is 0 Å². The van der Waals surface area contributed by atoms with Crippen molar-refractivity contribution in [3.8, 4) is 0 Å². The van der Waals surface area contributed by atoms with E-state index < -0.39 is 11.6 Å². The minimum atomic E-state index is -0.759. The highest BCUT2D eigenvalue weighted by atomic mass is 79.9. The van der Waals surface area contributed by atoms with Crippen molar-refractivity contribution in [3.05, 3.63) is 58.1 Å². The molecule has 100 valence electrons. The second kappa shape index (κ2) is 5.57. The van der Waals surface area contributed by atoms with Crippen molar-refractivity contribution in [2.45, 2.75) is 13.0 Å². The lowest BCUT2D eigenvalue weighted by molar-refractivity contribution is 0.586. The SMILES string of the molecule is CC(Nc1cc(F)cc(F)c1N)c1ccc(Br)cc1. The third-order valence-electron chi connectivity index (χ3n) is 2.84. The van der Waals surface area contributed by atoms with E-state index in [4.69, 9.17) is 5.73 Å². The number of hydrogen-bond acceptors (Lipinski definition) is 2. The summed E-state index contributed by atoms with van der Waals surface area (Å²) in [6, 6.07) is 9.50. The second-order valence-electron chi connectivity index (χ2n) is 4.27. The number of hydrogen-bond donors (Lipinski definition) is 2. The van der Waals surface area contributed by atoms with Gasteiger partial charge in [0.2, 0.25) is 0 Å². The van der Waals surface area contributed by atoms with Crippen molar-refractivity contribution in [2.75, 3.05) is 11.1 Å². The van der Waals surface area contributed by atoms with E-state index >= 15 is 0 Å². The van der Waals surface area contributed by atoms with Crippen LogP contribution in [-0.2, 0) is 0 Å². The maximum absolute atomic E-state index is 13.3. The number of halogens is 3. The molecular formula is C14H13BrF2N2. The molecule has 0 aromatic heterocycles. The van der Waals surface area contributed by atoms with E-state index in [0.29, 0.717) is 0 Å². The molecule has 0 heterocycles. The molecule has 0 aliphatic heterocycles. The van der Waals surface area contributed by atoms with E-state index in [9.17, 15) is 8.78 Å². The Morgan fingerprint density at radius 1 is 1.16 bits per heavy atom. The Balaban J connectivity index is 2.23. The number of anilines is 2. The number of nitrogens with one attached hydrogen (secondary N) is 1. The maximum Gasteiger partial charge on any atom is 0.151 e. The Labute approximate surface area is 118 Å². The predicted molar refractivity (Wildman–Crippen MR) is 77.0 cm³/mol. The molecular weight excluding hydrogens is 314 g/mol. The first kappa shape index (κ1) is 13.8. The Morgan fingerprint density at radius 2 is 1.79 bits per heavy atom. The first-order valence-electron chi connectivity index (χ1n) is 5.74. The van der Waals surface area contributed by atoms with Gasteiger partial charge in [0, 0.05) is 16.6 Å². The topological polar surface area (TPSA) is 38.0 Å². The standard InChI is InChI=1S/C14H13BrF2N2/c1-8(9-2-4-10(15)5-3-9)19-13-7-11(16)6-12(17)14(13)18/h2-8,19H,18H2,1H3. The monoisotopic (exact) mass is 326 g/mol. The molecule has 0 saturated heterocycles. The van der Waals surface area contributed by atoms with E-state index in [-0.39, 0.29) is 17.4 Å². The average molecular weight is 327 g/mol. The van der Waals surface area contributed by atoms with Gasteiger partial charge in [0.1, 0.15) is 5.82 Å². The summed E-state index contributed by atoms with van der Waals surface area (Å²) in [6.45, 7) is 1.89. The lowest BCUT2D eigenvalue weighted by atomic mass is 10.1. The molecule has 2 nitrogen and oxygen atoms in total. The molecule has 2 aromatic rings. The highest BCUT2D eigenvalue weighted by molar-refractivity contribution is 9.10. The minimum Gasteiger partial charge on any atom is -0.395 e. The quantitative estimate of drug-likeness (QED) is 0.816. The Hall–Kier alpha value is -1.62. The van der Waals surface area contributed by atoms with Crippen LogP contribution in [0.1, 0.15) is 18.5 Å². The zero-order valence-corrected chi connectivity index (χ0v) is 11.8. The van der Waals surface area contributed by atoms with Gasteiger partial charge in [0.25, 0.3) is 0 Å². The Morgan fingerprint density at radius 3 is 2.42 bits per heavy atom. The van der Waals surface area contributed by atoms with Gasteiger partial charge in [0.05, 0.1) is 11.4 Å². The molecule has 0 saturated carbocycles. The van der Waals surface area contributed by atoms with Crippen molar-refractivity contribution < 1.29 is 8.78 Å². The van der Waals surface area contributed by atoms with E-state index in [0.717, 1.165) is 16.1 Å². The number of nitrogen functional groups attached to an aromatic ring is 1. The van der Waals surface area contributed by atoms with Crippen LogP contribution in [-0.4, -0.2) is 0 Å². The molecule has 0 bridgehead atoms. The Bertz CT molecular complexity index is 585. The molecule has 2 rings (SSSR count). The first-order chi connectivity index (χ1) is 8.97. The molecule has 0 amide bonds. The van der Waals surface area contributed by atoms with Crippen LogP contribution in [0.4, 0.5) is 20.2 Å². The van der Waals surface area contributed by atoms with Crippen molar-refractivity contribution in [3.63, 3.8) is 0 Å². The van der Waals surface area contributed by atoms with Crippen molar-refractivity contribution >= 4 is 27.3 Å². The van der Waals surface area contributed by atoms with E-state index in [1.54, 1.807) is 0 Å². The van der Waals surface area contributed by atoms with Crippen LogP contribution < -0.4 is 11.1 Å². The average Bonchev–Trinajstić information content (AvgIpc) is 2.36. The van der Waals surface area contributed by atoms with Gasteiger partial charge >= 0.3 is 0 Å². The third kappa shape index (κ3) is 3.23. The van der Waals surface area contributed by atoms with Crippen LogP contribution in [0.15, 0.2) is 40.9 Å². The van der Waals surface area contributed by atoms with Crippen LogP contribution in [0, 0.1) is 11.6 Å². The van der Waals surface area contributed by atoms with Gasteiger partial charge in [-0.05, 0) is 30.7 Å². The predicted octanol–water partition coefficient (Wildman–Crippen LogP) is 4.48. The van der Waals surface area contributed by atoms with Crippen molar-refractivity contribution in [2.24, 2.45) is 0 Å². The summed E-state index contributed by atoms with van der Waals surface area (Å²) in [6.07, 6.45) is 0. The molecule has 5 heteroatoms. The number of rotatable bonds is 3. The van der Waals surface area contributed by atoms with Crippen LogP contribution in [0.2, 0.25) is 0 Å². The van der Waals surface area contributed by atoms with Crippen LogP contribution >= 0.6 is 15.9 Å². The smallest absolute Gasteiger partial charge is 0.151 e. The lowest BCUT2D eigenvalue weighted by Crippen LogP contribution is -2.09. The molecule has 1 unspecified atom stereocenters. The summed E-state index contributed by atoms with van der Waals surface area (Å²) in [5.41, 5.74) is 6.76. The van der Waals surface area contributed by atoms with Gasteiger partial charge in [0.15, 0.2) is 5.82 Å². The second-order valence-corrected chi connectivity index (χ2v) is 5.18. The normalized spacial score (nSPS) is 12.2. The summed E-state index contributed by atoms with van der Waals surface area (Å²) < 4.78 is 27.5. The molecule has 3 N–H and O–H groups in total. The van der Waals surface area contributed by atoms with Crippen molar-refractivity contribution in [1.29, 1.82) is 0 Å². The first-order valence-corrected chi connectivity index (χ1v) is 6.53. The van der Waals surface area contributed by atoms with Gasteiger partial charge in [-0.2, -0.15) is 0 Å². The molecule has 0 aliphatic rings. The highest BCUT2D eigenvalue weighted by Gasteiger charge is 2.11. The lowest BCUT2D eigenvalue weighted by Gasteiger charge is -2.17. The van der Waals surface area contributed by atoms with Gasteiger partial charge in [-0.25, -0.2) is 8.78 Å². The summed E-state index contributed by atoms with van der Waals surface area (Å²) in [5, 5.41) is 3.01. The van der Waals surface area contributed by atoms with Crippen LogP contribution in [0.5, 0.6) is 0 Å². The summed E-state index contributed by atoms with van der Waals surface area (Å²) >= 11 is 3.35. The highest BCUT2D eigenvalue weighted by Crippen LogP contribution is 2.28. The van der Waals surface area contributed by atoms with E-state index in [1.165, 1.54) is 6.07 Å². The van der Waals surface area contributed by atoms with Crippen molar-refractivity contribution in [1.82, 2.24) is 0 Å². The van der Waals surface area contributed by atoms with Gasteiger partial charge in [-0.15, -0.1) is 0 Å². The summed E-state index contributed by atoms with van der Waals surface area (Å²) in [7, 11) is 0. The van der Waals surface area contributed by atoms with Gasteiger partial charge in [-0.1, -0.05) is 28.1 Å². The minimum absolute atomic E-state index is 0.0784. The molecule has 0 aliphatic carbocycles. The van der Waals surface area contributed by atoms with E-state index in [1.807, 2.05) is 31.2 Å². The summed E-state index contributed by atoms with van der Waals surface area (Å²) in [4.78, 5) is 0. The maximum atomic E-state index is 13.3. The van der Waals surface area contributed by atoms with E-state index in [2.05, 4.69) is 21.2 Å². The molecule has 0 radical (unpaired) electrons. The largest absolute Gasteiger partial charge is 0.395 e. The molecule has 0 fully saturated rings. The molecule has 0 spiro atoms. The molecule has 1 atom stereocenters. The van der Waals surface area contributed by atoms with Crippen LogP contribution in [0.3, 0.4) is 0 Å². The fourth-order valence-corrected chi connectivity index (χ4v) is 2.04. The zero-order valence-electron chi connectivity index (χ0n) is 10.3.